The Balaban J connectivity index is 3.08. The molecule has 0 radical (unpaired) electrons. The number of hydrogen-bond acceptors (Lipinski definition) is 9. The summed E-state index contributed by atoms with van der Waals surface area (Å²) in [6, 6.07) is -6.51. The molecule has 0 aromatic carbocycles. The van der Waals surface area contributed by atoms with Crippen molar-refractivity contribution in [3.05, 3.63) is 18.2 Å². The van der Waals surface area contributed by atoms with Crippen molar-refractivity contribution >= 4 is 35.6 Å². The van der Waals surface area contributed by atoms with Gasteiger partial charge < -0.3 is 47.1 Å². The van der Waals surface area contributed by atoms with Crippen LogP contribution in [0.1, 0.15) is 25.5 Å². The van der Waals surface area contributed by atoms with Crippen LogP contribution >= 0.6 is 0 Å². The van der Waals surface area contributed by atoms with Crippen molar-refractivity contribution in [2.75, 3.05) is 0 Å². The minimum atomic E-state index is -1.74. The summed E-state index contributed by atoms with van der Waals surface area (Å²) in [5.41, 5.74) is 5.76. The Morgan fingerprint density at radius 3 is 1.97 bits per heavy atom. The molecular formula is C18H26N6O10. The van der Waals surface area contributed by atoms with E-state index in [1.54, 1.807) is 0 Å². The molecule has 16 heteroatoms. The van der Waals surface area contributed by atoms with Crippen molar-refractivity contribution in [1.82, 2.24) is 25.9 Å². The maximum Gasteiger partial charge on any atom is 0.328 e. The topological polar surface area (TPSA) is 274 Å². The third kappa shape index (κ3) is 9.21. The second-order valence-electron chi connectivity index (χ2n) is 7.27. The van der Waals surface area contributed by atoms with E-state index in [1.165, 1.54) is 12.5 Å². The monoisotopic (exact) mass is 486 g/mol. The zero-order valence-electron chi connectivity index (χ0n) is 17.9. The second kappa shape index (κ2) is 12.9. The first-order valence-electron chi connectivity index (χ1n) is 9.80. The number of rotatable bonds is 14. The van der Waals surface area contributed by atoms with Crippen LogP contribution < -0.4 is 21.7 Å². The Bertz CT molecular complexity index is 903. The summed E-state index contributed by atoms with van der Waals surface area (Å²) < 4.78 is 0. The lowest BCUT2D eigenvalue weighted by atomic mass is 10.1. The van der Waals surface area contributed by atoms with Gasteiger partial charge in [-0.25, -0.2) is 9.78 Å². The summed E-state index contributed by atoms with van der Waals surface area (Å²) in [5.74, 6) is -7.72. The average Bonchev–Trinajstić information content (AvgIpc) is 3.22. The minimum absolute atomic E-state index is 0.240. The maximum atomic E-state index is 12.7. The van der Waals surface area contributed by atoms with E-state index in [4.69, 9.17) is 21.1 Å². The van der Waals surface area contributed by atoms with Gasteiger partial charge in [0.15, 0.2) is 6.04 Å². The third-order valence-electron chi connectivity index (χ3n) is 4.40. The van der Waals surface area contributed by atoms with Crippen LogP contribution in [-0.4, -0.2) is 96.3 Å². The molecule has 0 aliphatic rings. The fraction of sp³-hybridized carbons (Fsp3) is 0.500. The molecule has 0 spiro atoms. The zero-order chi connectivity index (χ0) is 26.0. The third-order valence-corrected chi connectivity index (χ3v) is 4.40. The van der Waals surface area contributed by atoms with Gasteiger partial charge >= 0.3 is 17.9 Å². The quantitative estimate of drug-likeness (QED) is 0.122. The van der Waals surface area contributed by atoms with E-state index < -0.39 is 78.7 Å². The lowest BCUT2D eigenvalue weighted by Gasteiger charge is -2.25. The number of H-pyrrole nitrogens is 1. The SMILES string of the molecule is CC(O)C(NC(=O)C(Cc1cnc[nH]1)NC(=O)C(CC(=O)O)NC(=O)C(N)CC(=O)O)C(=O)O. The number of aliphatic carboxylic acids is 3. The first-order valence-corrected chi connectivity index (χ1v) is 9.80. The lowest BCUT2D eigenvalue weighted by Crippen LogP contribution is -2.59. The summed E-state index contributed by atoms with van der Waals surface area (Å²) in [6.45, 7) is 1.13. The summed E-state index contributed by atoms with van der Waals surface area (Å²) in [7, 11) is 0. The van der Waals surface area contributed by atoms with Crippen LogP contribution in [0.4, 0.5) is 0 Å². The number of nitrogens with two attached hydrogens (primary N) is 1. The van der Waals surface area contributed by atoms with Gasteiger partial charge in [0.2, 0.25) is 17.7 Å². The highest BCUT2D eigenvalue weighted by Gasteiger charge is 2.33. The molecule has 34 heavy (non-hydrogen) atoms. The summed E-state index contributed by atoms with van der Waals surface area (Å²) >= 11 is 0. The molecule has 0 aliphatic heterocycles. The van der Waals surface area contributed by atoms with E-state index in [0.717, 1.165) is 6.92 Å². The molecule has 10 N–H and O–H groups in total. The molecule has 0 bridgehead atoms. The van der Waals surface area contributed by atoms with E-state index in [1.807, 2.05) is 5.32 Å². The summed E-state index contributed by atoms with van der Waals surface area (Å²) in [5, 5.41) is 42.9. The molecule has 1 aromatic heterocycles. The Morgan fingerprint density at radius 1 is 0.941 bits per heavy atom. The van der Waals surface area contributed by atoms with Crippen LogP contribution in [0.5, 0.6) is 0 Å². The number of amides is 3. The molecule has 188 valence electrons. The normalized spacial score (nSPS) is 15.1. The average molecular weight is 486 g/mol. The van der Waals surface area contributed by atoms with Gasteiger partial charge in [0.05, 0.1) is 31.3 Å². The molecule has 5 unspecified atom stereocenters. The van der Waals surface area contributed by atoms with Crippen LogP contribution in [0.2, 0.25) is 0 Å². The zero-order valence-corrected chi connectivity index (χ0v) is 17.9. The van der Waals surface area contributed by atoms with Crippen LogP contribution in [0, 0.1) is 0 Å². The predicted molar refractivity (Wildman–Crippen MR) is 110 cm³/mol. The number of carbonyl (C=O) groups is 6. The summed E-state index contributed by atoms with van der Waals surface area (Å²) in [6.07, 6.45) is -0.846. The van der Waals surface area contributed by atoms with E-state index in [0.29, 0.717) is 5.69 Å². The highest BCUT2D eigenvalue weighted by atomic mass is 16.4. The molecule has 3 amide bonds. The molecule has 0 aliphatic carbocycles. The molecule has 0 fully saturated rings. The first-order chi connectivity index (χ1) is 15.8. The van der Waals surface area contributed by atoms with Gasteiger partial charge in [0, 0.05) is 18.3 Å². The van der Waals surface area contributed by atoms with Crippen LogP contribution in [0.15, 0.2) is 12.5 Å². The van der Waals surface area contributed by atoms with Gasteiger partial charge in [-0.2, -0.15) is 0 Å². The van der Waals surface area contributed by atoms with Crippen LogP contribution in [0.25, 0.3) is 0 Å². The number of aromatic amines is 1. The van der Waals surface area contributed by atoms with Crippen molar-refractivity contribution in [3.63, 3.8) is 0 Å². The number of nitrogens with zero attached hydrogens (tertiary/aromatic N) is 1. The largest absolute Gasteiger partial charge is 0.481 e. The summed E-state index contributed by atoms with van der Waals surface area (Å²) in [4.78, 5) is 77.1. The standard InChI is InChI=1S/C18H26N6O10/c1-7(25)14(18(33)34)24-17(32)10(2-8-5-20-6-21-8)23-16(31)11(4-13(28)29)22-15(30)9(19)3-12(26)27/h5-7,9-11,14,25H,2-4,19H2,1H3,(H,20,21)(H,22,30)(H,23,31)(H,24,32)(H,26,27)(H,28,29)(H,33,34). The first kappa shape index (κ1) is 28.0. The van der Waals surface area contributed by atoms with Gasteiger partial charge in [0.1, 0.15) is 12.1 Å². The molecular weight excluding hydrogens is 460 g/mol. The number of carboxylic acid groups (broad SMARTS) is 3. The minimum Gasteiger partial charge on any atom is -0.481 e. The van der Waals surface area contributed by atoms with Crippen molar-refractivity contribution in [3.8, 4) is 0 Å². The van der Waals surface area contributed by atoms with Gasteiger partial charge in [0.25, 0.3) is 0 Å². The fourth-order valence-electron chi connectivity index (χ4n) is 2.68. The number of hydrogen-bond donors (Lipinski definition) is 9. The molecule has 1 heterocycles. The predicted octanol–water partition coefficient (Wildman–Crippen LogP) is -3.85. The Kier molecular flexibility index (Phi) is 10.6. The number of aliphatic hydroxyl groups excluding tert-OH is 1. The second-order valence-corrected chi connectivity index (χ2v) is 7.27. The highest BCUT2D eigenvalue weighted by Crippen LogP contribution is 2.04. The smallest absolute Gasteiger partial charge is 0.328 e. The number of carboxylic acids is 3. The molecule has 1 aromatic rings. The van der Waals surface area contributed by atoms with Crippen molar-refractivity contribution < 1.29 is 49.2 Å². The van der Waals surface area contributed by atoms with Crippen molar-refractivity contribution in [1.29, 1.82) is 0 Å². The number of aromatic nitrogens is 2. The maximum absolute atomic E-state index is 12.7. The van der Waals surface area contributed by atoms with Gasteiger partial charge in [-0.15, -0.1) is 0 Å². The number of nitrogens with one attached hydrogen (secondary N) is 4. The van der Waals surface area contributed by atoms with E-state index in [-0.39, 0.29) is 6.42 Å². The Hall–Kier alpha value is -4.05. The Labute approximate surface area is 191 Å². The van der Waals surface area contributed by atoms with Crippen LogP contribution in [-0.2, 0) is 35.2 Å². The molecule has 1 rings (SSSR count). The van der Waals surface area contributed by atoms with E-state index in [2.05, 4.69) is 20.6 Å². The van der Waals surface area contributed by atoms with Gasteiger partial charge in [-0.1, -0.05) is 0 Å². The van der Waals surface area contributed by atoms with Gasteiger partial charge in [-0.3, -0.25) is 24.0 Å². The molecule has 16 nitrogen and oxygen atoms in total. The number of aliphatic hydroxyl groups is 1. The lowest BCUT2D eigenvalue weighted by molar-refractivity contribution is -0.145. The van der Waals surface area contributed by atoms with Crippen LogP contribution in [0.3, 0.4) is 0 Å². The van der Waals surface area contributed by atoms with E-state index >= 15 is 0 Å². The number of carbonyl (C=O) groups excluding carboxylic acids is 3. The van der Waals surface area contributed by atoms with E-state index in [9.17, 15) is 33.9 Å². The number of imidazole rings is 1. The molecule has 0 saturated carbocycles. The molecule has 0 saturated heterocycles. The highest BCUT2D eigenvalue weighted by molar-refractivity contribution is 5.96. The fourth-order valence-corrected chi connectivity index (χ4v) is 2.68. The Morgan fingerprint density at radius 2 is 1.50 bits per heavy atom. The van der Waals surface area contributed by atoms with Crippen molar-refractivity contribution in [2.45, 2.75) is 56.5 Å². The van der Waals surface area contributed by atoms with Crippen molar-refractivity contribution in [2.24, 2.45) is 5.73 Å². The van der Waals surface area contributed by atoms with Gasteiger partial charge in [-0.05, 0) is 6.92 Å². The molecule has 5 atom stereocenters.